The van der Waals surface area contributed by atoms with E-state index in [-0.39, 0.29) is 0 Å². The standard InChI is InChI=1S/C23H19N3O3S/c1-23(21(27)28)12-26(13-23)22-25-19(20(30-22)17-5-3-2-4-6-17)16-9-7-15(8-10-16)18-11-24-14-29-18/h2-11,14H,12-13H2,1H3,(H,27,28). The lowest BCUT2D eigenvalue weighted by Gasteiger charge is -2.44. The number of hydrogen-bond acceptors (Lipinski definition) is 6. The number of carboxylic acid groups (broad SMARTS) is 1. The third-order valence-corrected chi connectivity index (χ3v) is 6.56. The second-order valence-electron chi connectivity index (χ2n) is 7.71. The number of carboxylic acids is 1. The Bertz CT molecular complexity index is 1180. The summed E-state index contributed by atoms with van der Waals surface area (Å²) < 4.78 is 5.38. The van der Waals surface area contributed by atoms with Gasteiger partial charge in [-0.15, -0.1) is 0 Å². The van der Waals surface area contributed by atoms with Crippen LogP contribution < -0.4 is 4.90 Å². The van der Waals surface area contributed by atoms with E-state index in [1.165, 1.54) is 6.39 Å². The molecule has 2 aromatic heterocycles. The van der Waals surface area contributed by atoms with Crippen molar-refractivity contribution >= 4 is 22.4 Å². The van der Waals surface area contributed by atoms with Gasteiger partial charge in [0.05, 0.1) is 22.2 Å². The van der Waals surface area contributed by atoms with E-state index in [1.54, 1.807) is 24.5 Å². The molecule has 0 bridgehead atoms. The lowest BCUT2D eigenvalue weighted by atomic mass is 9.82. The van der Waals surface area contributed by atoms with Crippen LogP contribution in [0.4, 0.5) is 5.13 Å². The number of anilines is 1. The number of rotatable bonds is 5. The number of hydrogen-bond donors (Lipinski definition) is 1. The van der Waals surface area contributed by atoms with Gasteiger partial charge in [0.15, 0.2) is 17.3 Å². The minimum absolute atomic E-state index is 0.466. The molecule has 5 rings (SSSR count). The molecule has 30 heavy (non-hydrogen) atoms. The molecule has 1 saturated heterocycles. The Morgan fingerprint density at radius 1 is 1.07 bits per heavy atom. The predicted octanol–water partition coefficient (Wildman–Crippen LogP) is 5.04. The van der Waals surface area contributed by atoms with E-state index in [0.29, 0.717) is 13.1 Å². The summed E-state index contributed by atoms with van der Waals surface area (Å²) in [6.07, 6.45) is 3.11. The van der Waals surface area contributed by atoms with Crippen LogP contribution in [0.15, 0.2) is 71.6 Å². The van der Waals surface area contributed by atoms with Crippen LogP contribution in [0.1, 0.15) is 6.92 Å². The average Bonchev–Trinajstić information content (AvgIpc) is 3.42. The van der Waals surface area contributed by atoms with Gasteiger partial charge in [0.2, 0.25) is 0 Å². The van der Waals surface area contributed by atoms with Crippen molar-refractivity contribution in [2.75, 3.05) is 18.0 Å². The zero-order chi connectivity index (χ0) is 20.7. The Morgan fingerprint density at radius 2 is 1.77 bits per heavy atom. The summed E-state index contributed by atoms with van der Waals surface area (Å²) in [7, 11) is 0. The van der Waals surface area contributed by atoms with Crippen molar-refractivity contribution < 1.29 is 14.3 Å². The molecule has 0 unspecified atom stereocenters. The molecule has 0 saturated carbocycles. The predicted molar refractivity (Wildman–Crippen MR) is 116 cm³/mol. The fourth-order valence-electron chi connectivity index (χ4n) is 3.64. The van der Waals surface area contributed by atoms with E-state index in [0.717, 1.165) is 38.2 Å². The Kier molecular flexibility index (Phi) is 4.40. The Balaban J connectivity index is 1.52. The highest BCUT2D eigenvalue weighted by atomic mass is 32.1. The molecule has 0 atom stereocenters. The zero-order valence-electron chi connectivity index (χ0n) is 16.3. The van der Waals surface area contributed by atoms with Crippen LogP contribution in [-0.4, -0.2) is 34.1 Å². The average molecular weight is 417 g/mol. The Labute approximate surface area is 177 Å². The van der Waals surface area contributed by atoms with Gasteiger partial charge in [0.25, 0.3) is 0 Å². The van der Waals surface area contributed by atoms with Crippen LogP contribution in [0.5, 0.6) is 0 Å². The first-order valence-corrected chi connectivity index (χ1v) is 10.4. The van der Waals surface area contributed by atoms with Crippen LogP contribution >= 0.6 is 11.3 Å². The smallest absolute Gasteiger partial charge is 0.312 e. The maximum atomic E-state index is 11.5. The molecular weight excluding hydrogens is 398 g/mol. The van der Waals surface area contributed by atoms with E-state index in [2.05, 4.69) is 17.1 Å². The molecule has 7 heteroatoms. The number of aliphatic carboxylic acids is 1. The van der Waals surface area contributed by atoms with E-state index in [4.69, 9.17) is 9.40 Å². The third-order valence-electron chi connectivity index (χ3n) is 5.39. The van der Waals surface area contributed by atoms with Crippen molar-refractivity contribution in [3.05, 3.63) is 67.2 Å². The van der Waals surface area contributed by atoms with Crippen molar-refractivity contribution in [3.8, 4) is 33.0 Å². The molecule has 1 fully saturated rings. The van der Waals surface area contributed by atoms with Crippen LogP contribution in [0.2, 0.25) is 0 Å². The quantitative estimate of drug-likeness (QED) is 0.490. The summed E-state index contributed by atoms with van der Waals surface area (Å²) in [4.78, 5) is 23.5. The maximum absolute atomic E-state index is 11.5. The molecule has 150 valence electrons. The highest BCUT2D eigenvalue weighted by Crippen LogP contribution is 2.44. The molecule has 6 nitrogen and oxygen atoms in total. The van der Waals surface area contributed by atoms with Crippen molar-refractivity contribution in [2.45, 2.75) is 6.92 Å². The zero-order valence-corrected chi connectivity index (χ0v) is 17.1. The summed E-state index contributed by atoms with van der Waals surface area (Å²) >= 11 is 1.60. The molecule has 0 spiro atoms. The van der Waals surface area contributed by atoms with E-state index >= 15 is 0 Å². The largest absolute Gasteiger partial charge is 0.481 e. The van der Waals surface area contributed by atoms with Crippen molar-refractivity contribution in [2.24, 2.45) is 5.41 Å². The molecule has 4 aromatic rings. The molecule has 0 amide bonds. The first kappa shape index (κ1) is 18.6. The first-order valence-electron chi connectivity index (χ1n) is 9.57. The van der Waals surface area contributed by atoms with Crippen LogP contribution in [0, 0.1) is 5.41 Å². The minimum Gasteiger partial charge on any atom is -0.481 e. The molecule has 0 radical (unpaired) electrons. The Morgan fingerprint density at radius 3 is 2.40 bits per heavy atom. The summed E-state index contributed by atoms with van der Waals surface area (Å²) in [6, 6.07) is 18.2. The molecule has 3 heterocycles. The summed E-state index contributed by atoms with van der Waals surface area (Å²) in [5, 5.41) is 10.3. The van der Waals surface area contributed by atoms with E-state index in [1.807, 2.05) is 47.4 Å². The van der Waals surface area contributed by atoms with Gasteiger partial charge >= 0.3 is 5.97 Å². The number of oxazole rings is 1. The second kappa shape index (κ2) is 7.11. The SMILES string of the molecule is CC1(C(=O)O)CN(c2nc(-c3ccc(-c4cnco4)cc3)c(-c3ccccc3)s2)C1. The molecule has 2 aromatic carbocycles. The number of aromatic nitrogens is 2. The lowest BCUT2D eigenvalue weighted by molar-refractivity contribution is -0.149. The van der Waals surface area contributed by atoms with Gasteiger partial charge in [-0.2, -0.15) is 0 Å². The topological polar surface area (TPSA) is 79.5 Å². The van der Waals surface area contributed by atoms with Gasteiger partial charge in [-0.3, -0.25) is 4.79 Å². The van der Waals surface area contributed by atoms with Crippen molar-refractivity contribution in [3.63, 3.8) is 0 Å². The first-order chi connectivity index (χ1) is 14.5. The monoisotopic (exact) mass is 417 g/mol. The highest BCUT2D eigenvalue weighted by molar-refractivity contribution is 7.19. The van der Waals surface area contributed by atoms with Crippen molar-refractivity contribution in [1.82, 2.24) is 9.97 Å². The number of nitrogens with zero attached hydrogens (tertiary/aromatic N) is 3. The normalized spacial score (nSPS) is 15.0. The van der Waals surface area contributed by atoms with Crippen LogP contribution in [0.3, 0.4) is 0 Å². The fraction of sp³-hybridized carbons (Fsp3) is 0.174. The van der Waals surface area contributed by atoms with E-state index in [9.17, 15) is 9.90 Å². The van der Waals surface area contributed by atoms with Gasteiger partial charge in [0, 0.05) is 24.2 Å². The van der Waals surface area contributed by atoms with E-state index < -0.39 is 11.4 Å². The highest BCUT2D eigenvalue weighted by Gasteiger charge is 2.46. The van der Waals surface area contributed by atoms with Gasteiger partial charge in [-0.25, -0.2) is 9.97 Å². The molecule has 1 aliphatic rings. The molecule has 1 aliphatic heterocycles. The summed E-state index contributed by atoms with van der Waals surface area (Å²) in [5.41, 5.74) is 3.23. The van der Waals surface area contributed by atoms with Crippen molar-refractivity contribution in [1.29, 1.82) is 0 Å². The molecular formula is C23H19N3O3S. The lowest BCUT2D eigenvalue weighted by Crippen LogP contribution is -2.59. The number of benzene rings is 2. The number of carbonyl (C=O) groups is 1. The second-order valence-corrected chi connectivity index (χ2v) is 8.68. The van der Waals surface area contributed by atoms with Gasteiger partial charge in [0.1, 0.15) is 0 Å². The Hall–Kier alpha value is -3.45. The maximum Gasteiger partial charge on any atom is 0.312 e. The summed E-state index contributed by atoms with van der Waals surface area (Å²) in [6.45, 7) is 2.71. The minimum atomic E-state index is -0.762. The van der Waals surface area contributed by atoms with Gasteiger partial charge < -0.3 is 14.4 Å². The summed E-state index contributed by atoms with van der Waals surface area (Å²) in [5.74, 6) is -0.0425. The molecule has 1 N–H and O–H groups in total. The van der Waals surface area contributed by atoms with Crippen LogP contribution in [0.25, 0.3) is 33.0 Å². The van der Waals surface area contributed by atoms with Crippen LogP contribution in [-0.2, 0) is 4.79 Å². The number of thiazole rings is 1. The van der Waals surface area contributed by atoms with Gasteiger partial charge in [-0.1, -0.05) is 65.9 Å². The third kappa shape index (κ3) is 3.17. The van der Waals surface area contributed by atoms with Gasteiger partial charge in [-0.05, 0) is 12.5 Å². The fourth-order valence-corrected chi connectivity index (χ4v) is 4.73. The molecule has 0 aliphatic carbocycles.